The van der Waals surface area contributed by atoms with Crippen LogP contribution in [0.25, 0.3) is 0 Å². The van der Waals surface area contributed by atoms with Gasteiger partial charge in [-0.25, -0.2) is 0 Å². The highest BCUT2D eigenvalue weighted by molar-refractivity contribution is 7.80. The van der Waals surface area contributed by atoms with Crippen LogP contribution in [0, 0.1) is 0 Å². The quantitative estimate of drug-likeness (QED) is 0.559. The van der Waals surface area contributed by atoms with E-state index < -0.39 is 0 Å². The molecule has 0 radical (unpaired) electrons. The van der Waals surface area contributed by atoms with Crippen molar-refractivity contribution in [3.8, 4) is 5.75 Å². The first kappa shape index (κ1) is 10.3. The topological polar surface area (TPSA) is 21.3 Å². The maximum absolute atomic E-state index is 5.19. The molecule has 0 heterocycles. The number of benzene rings is 1. The van der Waals surface area contributed by atoms with E-state index >= 15 is 0 Å². The molecule has 1 aromatic carbocycles. The summed E-state index contributed by atoms with van der Waals surface area (Å²) in [4.78, 5) is 0. The summed E-state index contributed by atoms with van der Waals surface area (Å²) in [5, 5.41) is 3.29. The Morgan fingerprint density at radius 1 is 1.38 bits per heavy atom. The average Bonchev–Trinajstić information content (AvgIpc) is 2.19. The third-order valence-electron chi connectivity index (χ3n) is 1.76. The fraction of sp³-hybridized carbons (Fsp3) is 0.400. The molecule has 1 N–H and O–H groups in total. The molecule has 0 aromatic heterocycles. The van der Waals surface area contributed by atoms with Crippen molar-refractivity contribution in [2.75, 3.05) is 24.7 Å². The number of hydrogen-bond donors (Lipinski definition) is 2. The van der Waals surface area contributed by atoms with E-state index in [1.165, 1.54) is 0 Å². The molecule has 0 aliphatic rings. The monoisotopic (exact) mass is 197 g/mol. The molecule has 72 valence electrons. The largest absolute Gasteiger partial charge is 0.495 e. The van der Waals surface area contributed by atoms with Gasteiger partial charge in [-0.15, -0.1) is 0 Å². The maximum Gasteiger partial charge on any atom is 0.141 e. The van der Waals surface area contributed by atoms with Crippen LogP contribution < -0.4 is 10.1 Å². The first-order chi connectivity index (χ1) is 6.38. The smallest absolute Gasteiger partial charge is 0.141 e. The van der Waals surface area contributed by atoms with Gasteiger partial charge in [0.15, 0.2) is 0 Å². The molecule has 0 saturated heterocycles. The molecule has 13 heavy (non-hydrogen) atoms. The van der Waals surface area contributed by atoms with Gasteiger partial charge in [0.2, 0.25) is 0 Å². The molecule has 0 aliphatic heterocycles. The number of methoxy groups -OCH3 is 1. The van der Waals surface area contributed by atoms with Crippen LogP contribution in [0.1, 0.15) is 6.42 Å². The van der Waals surface area contributed by atoms with Gasteiger partial charge in [-0.3, -0.25) is 0 Å². The van der Waals surface area contributed by atoms with Gasteiger partial charge in [0.1, 0.15) is 5.75 Å². The lowest BCUT2D eigenvalue weighted by Gasteiger charge is -2.09. The fourth-order valence-electron chi connectivity index (χ4n) is 1.09. The van der Waals surface area contributed by atoms with Crippen molar-refractivity contribution in [1.82, 2.24) is 0 Å². The van der Waals surface area contributed by atoms with Crippen molar-refractivity contribution in [3.05, 3.63) is 24.3 Å². The van der Waals surface area contributed by atoms with Crippen LogP contribution in [0.4, 0.5) is 5.69 Å². The highest BCUT2D eigenvalue weighted by atomic mass is 32.1. The van der Waals surface area contributed by atoms with E-state index in [1.54, 1.807) is 7.11 Å². The Bertz CT molecular complexity index is 252. The molecule has 0 spiro atoms. The van der Waals surface area contributed by atoms with E-state index in [2.05, 4.69) is 17.9 Å². The molecule has 1 aromatic rings. The molecule has 0 fully saturated rings. The van der Waals surface area contributed by atoms with Crippen molar-refractivity contribution < 1.29 is 4.74 Å². The zero-order valence-corrected chi connectivity index (χ0v) is 8.68. The Labute approximate surface area is 84.7 Å². The van der Waals surface area contributed by atoms with Crippen molar-refractivity contribution >= 4 is 18.3 Å². The predicted octanol–water partition coefficient (Wildman–Crippen LogP) is 2.43. The molecule has 0 saturated carbocycles. The summed E-state index contributed by atoms with van der Waals surface area (Å²) in [6.45, 7) is 0.934. The second-order valence-corrected chi connectivity index (χ2v) is 3.15. The normalized spacial score (nSPS) is 9.69. The summed E-state index contributed by atoms with van der Waals surface area (Å²) in [6.07, 6.45) is 1.06. The van der Waals surface area contributed by atoms with Gasteiger partial charge >= 0.3 is 0 Å². The molecule has 0 amide bonds. The summed E-state index contributed by atoms with van der Waals surface area (Å²) in [5.41, 5.74) is 1.05. The van der Waals surface area contributed by atoms with Gasteiger partial charge in [-0.05, 0) is 24.3 Å². The van der Waals surface area contributed by atoms with Crippen molar-refractivity contribution in [3.63, 3.8) is 0 Å². The average molecular weight is 197 g/mol. The molecular weight excluding hydrogens is 182 g/mol. The van der Waals surface area contributed by atoms with E-state index in [4.69, 9.17) is 4.74 Å². The summed E-state index contributed by atoms with van der Waals surface area (Å²) in [5.74, 6) is 1.80. The number of rotatable bonds is 5. The molecule has 0 bridgehead atoms. The number of hydrogen-bond acceptors (Lipinski definition) is 3. The SMILES string of the molecule is COc1ccccc1NCCCS. The lowest BCUT2D eigenvalue weighted by molar-refractivity contribution is 0.416. The lowest BCUT2D eigenvalue weighted by Crippen LogP contribution is -2.03. The van der Waals surface area contributed by atoms with E-state index in [0.29, 0.717) is 0 Å². The van der Waals surface area contributed by atoms with Crippen LogP contribution in [-0.4, -0.2) is 19.4 Å². The van der Waals surface area contributed by atoms with Crippen molar-refractivity contribution in [2.24, 2.45) is 0 Å². The highest BCUT2D eigenvalue weighted by Crippen LogP contribution is 2.22. The zero-order chi connectivity index (χ0) is 9.52. The van der Waals surface area contributed by atoms with Gasteiger partial charge in [0.25, 0.3) is 0 Å². The Balaban J connectivity index is 2.54. The van der Waals surface area contributed by atoms with Crippen molar-refractivity contribution in [2.45, 2.75) is 6.42 Å². The van der Waals surface area contributed by atoms with Crippen LogP contribution in [0.15, 0.2) is 24.3 Å². The van der Waals surface area contributed by atoms with Crippen LogP contribution in [0.2, 0.25) is 0 Å². The Hall–Kier alpha value is -0.830. The molecule has 2 nitrogen and oxygen atoms in total. The first-order valence-electron chi connectivity index (χ1n) is 4.36. The minimum atomic E-state index is 0.890. The van der Waals surface area contributed by atoms with Crippen LogP contribution in [-0.2, 0) is 0 Å². The van der Waals surface area contributed by atoms with E-state index in [1.807, 2.05) is 24.3 Å². The molecule has 0 unspecified atom stereocenters. The number of nitrogens with one attached hydrogen (secondary N) is 1. The Morgan fingerprint density at radius 3 is 2.85 bits per heavy atom. The van der Waals surface area contributed by atoms with Crippen LogP contribution in [0.3, 0.4) is 0 Å². The number of para-hydroxylation sites is 2. The van der Waals surface area contributed by atoms with Gasteiger partial charge in [-0.1, -0.05) is 12.1 Å². The van der Waals surface area contributed by atoms with E-state index in [9.17, 15) is 0 Å². The minimum Gasteiger partial charge on any atom is -0.495 e. The number of anilines is 1. The van der Waals surface area contributed by atoms with Gasteiger partial charge in [0, 0.05) is 6.54 Å². The zero-order valence-electron chi connectivity index (χ0n) is 7.79. The molecule has 0 aliphatic carbocycles. The third kappa shape index (κ3) is 3.19. The summed E-state index contributed by atoms with van der Waals surface area (Å²) in [7, 11) is 1.68. The first-order valence-corrected chi connectivity index (χ1v) is 4.99. The van der Waals surface area contributed by atoms with Crippen LogP contribution >= 0.6 is 12.6 Å². The summed E-state index contributed by atoms with van der Waals surface area (Å²) in [6, 6.07) is 7.91. The highest BCUT2D eigenvalue weighted by Gasteiger charge is 1.98. The molecule has 3 heteroatoms. The number of ether oxygens (including phenoxy) is 1. The van der Waals surface area contributed by atoms with E-state index in [0.717, 1.165) is 30.2 Å². The molecule has 1 rings (SSSR count). The Kier molecular flexibility index (Phi) is 4.54. The standard InChI is InChI=1S/C10H15NOS/c1-12-10-6-3-2-5-9(10)11-7-4-8-13/h2-3,5-6,11,13H,4,7-8H2,1H3. The van der Waals surface area contributed by atoms with Crippen LogP contribution in [0.5, 0.6) is 5.75 Å². The Morgan fingerprint density at radius 2 is 2.15 bits per heavy atom. The fourth-order valence-corrected chi connectivity index (χ4v) is 1.25. The lowest BCUT2D eigenvalue weighted by atomic mass is 10.3. The molecule has 0 atom stereocenters. The van der Waals surface area contributed by atoms with Gasteiger partial charge in [0.05, 0.1) is 12.8 Å². The predicted molar refractivity (Wildman–Crippen MR) is 60.0 cm³/mol. The van der Waals surface area contributed by atoms with Gasteiger partial charge < -0.3 is 10.1 Å². The summed E-state index contributed by atoms with van der Waals surface area (Å²) >= 11 is 4.14. The van der Waals surface area contributed by atoms with E-state index in [-0.39, 0.29) is 0 Å². The second-order valence-electron chi connectivity index (χ2n) is 2.70. The minimum absolute atomic E-state index is 0.890. The van der Waals surface area contributed by atoms with Crippen molar-refractivity contribution in [1.29, 1.82) is 0 Å². The summed E-state index contributed by atoms with van der Waals surface area (Å²) < 4.78 is 5.19. The number of thiol groups is 1. The second kappa shape index (κ2) is 5.75. The van der Waals surface area contributed by atoms with Gasteiger partial charge in [-0.2, -0.15) is 12.6 Å². The molecular formula is C10H15NOS. The third-order valence-corrected chi connectivity index (χ3v) is 2.07. The maximum atomic E-state index is 5.19.